The van der Waals surface area contributed by atoms with Crippen LogP contribution in [0.2, 0.25) is 0 Å². The highest BCUT2D eigenvalue weighted by atomic mass is 16.5. The molecule has 0 bridgehead atoms. The summed E-state index contributed by atoms with van der Waals surface area (Å²) in [5.41, 5.74) is 1.86. The maximum absolute atomic E-state index is 12.5. The quantitative estimate of drug-likeness (QED) is 0.853. The molecule has 1 heterocycles. The van der Waals surface area contributed by atoms with E-state index < -0.39 is 5.97 Å². The van der Waals surface area contributed by atoms with E-state index in [1.807, 2.05) is 13.8 Å². The lowest BCUT2D eigenvalue weighted by Gasteiger charge is -2.08. The van der Waals surface area contributed by atoms with Gasteiger partial charge >= 0.3 is 5.97 Å². The Hall–Kier alpha value is -2.63. The lowest BCUT2D eigenvalue weighted by atomic mass is 10.0. The molecule has 1 N–H and O–H groups in total. The lowest BCUT2D eigenvalue weighted by Crippen LogP contribution is -2.15. The lowest BCUT2D eigenvalue weighted by molar-refractivity contribution is 0.0526. The van der Waals surface area contributed by atoms with E-state index >= 15 is 0 Å². The van der Waals surface area contributed by atoms with Crippen molar-refractivity contribution in [2.75, 3.05) is 11.9 Å². The van der Waals surface area contributed by atoms with Crippen LogP contribution in [0, 0.1) is 6.92 Å². The Labute approximate surface area is 134 Å². The summed E-state index contributed by atoms with van der Waals surface area (Å²) in [6.07, 6.45) is 0. The number of aryl methyl sites for hydroxylation is 1. The molecule has 1 amide bonds. The molecule has 122 valence electrons. The van der Waals surface area contributed by atoms with E-state index in [0.717, 1.165) is 0 Å². The van der Waals surface area contributed by atoms with Crippen molar-refractivity contribution in [3.63, 3.8) is 0 Å². The van der Waals surface area contributed by atoms with E-state index in [9.17, 15) is 9.59 Å². The van der Waals surface area contributed by atoms with Crippen molar-refractivity contribution in [2.24, 2.45) is 0 Å². The predicted octanol–water partition coefficient (Wildman–Crippen LogP) is 3.54. The van der Waals surface area contributed by atoms with Crippen molar-refractivity contribution in [3.05, 3.63) is 46.8 Å². The van der Waals surface area contributed by atoms with Crippen LogP contribution in [-0.2, 0) is 4.74 Å². The molecule has 0 fully saturated rings. The minimum Gasteiger partial charge on any atom is -0.462 e. The molecule has 23 heavy (non-hydrogen) atoms. The molecule has 1 aromatic heterocycles. The standard InChI is InChI=1S/C17H20N2O4/c1-5-22-17(21)12-7-6-8-13(9-12)18-16(20)14-11(4)19-23-15(14)10(2)3/h6-10H,5H2,1-4H3,(H,18,20). The normalized spacial score (nSPS) is 10.7. The maximum atomic E-state index is 12.5. The molecular weight excluding hydrogens is 296 g/mol. The minimum absolute atomic E-state index is 0.0443. The van der Waals surface area contributed by atoms with Crippen LogP contribution in [0.3, 0.4) is 0 Å². The summed E-state index contributed by atoms with van der Waals surface area (Å²) in [6, 6.07) is 6.61. The Balaban J connectivity index is 2.23. The first kappa shape index (κ1) is 16.7. The highest BCUT2D eigenvalue weighted by Crippen LogP contribution is 2.23. The number of esters is 1. The molecule has 0 atom stereocenters. The fourth-order valence-electron chi connectivity index (χ4n) is 2.19. The summed E-state index contributed by atoms with van der Waals surface area (Å²) in [7, 11) is 0. The summed E-state index contributed by atoms with van der Waals surface area (Å²) in [5, 5.41) is 6.63. The number of carbonyl (C=O) groups excluding carboxylic acids is 2. The number of hydrogen-bond acceptors (Lipinski definition) is 5. The van der Waals surface area contributed by atoms with Gasteiger partial charge in [-0.1, -0.05) is 25.1 Å². The number of benzene rings is 1. The van der Waals surface area contributed by atoms with Gasteiger partial charge in [-0.3, -0.25) is 4.79 Å². The van der Waals surface area contributed by atoms with Gasteiger partial charge in [-0.2, -0.15) is 0 Å². The molecule has 0 aliphatic rings. The van der Waals surface area contributed by atoms with Gasteiger partial charge in [0.2, 0.25) is 0 Å². The molecule has 2 rings (SSSR count). The smallest absolute Gasteiger partial charge is 0.338 e. The van der Waals surface area contributed by atoms with Crippen LogP contribution in [0.15, 0.2) is 28.8 Å². The topological polar surface area (TPSA) is 81.4 Å². The van der Waals surface area contributed by atoms with E-state index in [1.54, 1.807) is 38.1 Å². The van der Waals surface area contributed by atoms with Crippen molar-refractivity contribution in [1.29, 1.82) is 0 Å². The molecule has 1 aromatic carbocycles. The Kier molecular flexibility index (Phi) is 5.16. The van der Waals surface area contributed by atoms with Crippen LogP contribution in [0.4, 0.5) is 5.69 Å². The fraction of sp³-hybridized carbons (Fsp3) is 0.353. The van der Waals surface area contributed by atoms with E-state index in [1.165, 1.54) is 0 Å². The van der Waals surface area contributed by atoms with Crippen LogP contribution in [0.25, 0.3) is 0 Å². The van der Waals surface area contributed by atoms with Crippen LogP contribution in [0.1, 0.15) is 58.9 Å². The van der Waals surface area contributed by atoms with Crippen LogP contribution in [0.5, 0.6) is 0 Å². The summed E-state index contributed by atoms with van der Waals surface area (Å²) in [5.74, 6) is -0.148. The molecule has 0 unspecified atom stereocenters. The third kappa shape index (κ3) is 3.77. The SMILES string of the molecule is CCOC(=O)c1cccc(NC(=O)c2c(C)noc2C(C)C)c1. The zero-order chi connectivity index (χ0) is 17.0. The number of amides is 1. The minimum atomic E-state index is -0.423. The molecule has 0 aliphatic carbocycles. The second-order valence-electron chi connectivity index (χ2n) is 5.42. The molecule has 0 saturated heterocycles. The number of carbonyl (C=O) groups is 2. The summed E-state index contributed by atoms with van der Waals surface area (Å²) in [4.78, 5) is 24.2. The first-order valence-electron chi connectivity index (χ1n) is 7.48. The highest BCUT2D eigenvalue weighted by Gasteiger charge is 2.22. The third-order valence-electron chi connectivity index (χ3n) is 3.27. The van der Waals surface area contributed by atoms with Crippen LogP contribution >= 0.6 is 0 Å². The average Bonchev–Trinajstić information content (AvgIpc) is 2.90. The van der Waals surface area contributed by atoms with Gasteiger partial charge < -0.3 is 14.6 Å². The fourth-order valence-corrected chi connectivity index (χ4v) is 2.19. The zero-order valence-corrected chi connectivity index (χ0v) is 13.7. The second kappa shape index (κ2) is 7.09. The van der Waals surface area contributed by atoms with E-state index in [0.29, 0.717) is 34.9 Å². The highest BCUT2D eigenvalue weighted by molar-refractivity contribution is 6.06. The van der Waals surface area contributed by atoms with Gasteiger partial charge in [0, 0.05) is 11.6 Å². The number of rotatable bonds is 5. The van der Waals surface area contributed by atoms with Crippen LogP contribution in [-0.4, -0.2) is 23.6 Å². The molecule has 6 nitrogen and oxygen atoms in total. The van der Waals surface area contributed by atoms with Gasteiger partial charge in [0.1, 0.15) is 5.56 Å². The van der Waals surface area contributed by atoms with E-state index in [-0.39, 0.29) is 11.8 Å². The van der Waals surface area contributed by atoms with Gasteiger partial charge in [-0.15, -0.1) is 0 Å². The van der Waals surface area contributed by atoms with Crippen molar-refractivity contribution in [1.82, 2.24) is 5.16 Å². The van der Waals surface area contributed by atoms with Crippen LogP contribution < -0.4 is 5.32 Å². The molecule has 0 radical (unpaired) electrons. The first-order valence-corrected chi connectivity index (χ1v) is 7.48. The second-order valence-corrected chi connectivity index (χ2v) is 5.42. The number of nitrogens with one attached hydrogen (secondary N) is 1. The maximum Gasteiger partial charge on any atom is 0.338 e. The largest absolute Gasteiger partial charge is 0.462 e. The number of hydrogen-bond donors (Lipinski definition) is 1. The predicted molar refractivity (Wildman–Crippen MR) is 85.7 cm³/mol. The number of ether oxygens (including phenoxy) is 1. The molecule has 0 aliphatic heterocycles. The van der Waals surface area contributed by atoms with Crippen molar-refractivity contribution in [3.8, 4) is 0 Å². The third-order valence-corrected chi connectivity index (χ3v) is 3.27. The van der Waals surface area contributed by atoms with E-state index in [4.69, 9.17) is 9.26 Å². The van der Waals surface area contributed by atoms with Gasteiger partial charge in [-0.25, -0.2) is 4.79 Å². The van der Waals surface area contributed by atoms with Gasteiger partial charge in [0.25, 0.3) is 5.91 Å². The Morgan fingerprint density at radius 3 is 2.74 bits per heavy atom. The monoisotopic (exact) mass is 316 g/mol. The summed E-state index contributed by atoms with van der Waals surface area (Å²) in [6.45, 7) is 7.62. The number of aromatic nitrogens is 1. The molecule has 6 heteroatoms. The van der Waals surface area contributed by atoms with Gasteiger partial charge in [0.05, 0.1) is 17.9 Å². The number of nitrogens with zero attached hydrogens (tertiary/aromatic N) is 1. The summed E-state index contributed by atoms with van der Waals surface area (Å²) < 4.78 is 10.2. The molecule has 0 spiro atoms. The van der Waals surface area contributed by atoms with Crippen molar-refractivity contribution >= 4 is 17.6 Å². The van der Waals surface area contributed by atoms with Crippen molar-refractivity contribution < 1.29 is 18.8 Å². The van der Waals surface area contributed by atoms with Crippen molar-refractivity contribution in [2.45, 2.75) is 33.6 Å². The zero-order valence-electron chi connectivity index (χ0n) is 13.7. The molecular formula is C17H20N2O4. The van der Waals surface area contributed by atoms with Gasteiger partial charge in [0.15, 0.2) is 5.76 Å². The number of anilines is 1. The first-order chi connectivity index (χ1) is 10.9. The Morgan fingerprint density at radius 2 is 2.09 bits per heavy atom. The average molecular weight is 316 g/mol. The molecule has 0 saturated carbocycles. The van der Waals surface area contributed by atoms with E-state index in [2.05, 4.69) is 10.5 Å². The summed E-state index contributed by atoms with van der Waals surface area (Å²) >= 11 is 0. The van der Waals surface area contributed by atoms with Gasteiger partial charge in [-0.05, 0) is 32.0 Å². The Bertz CT molecular complexity index is 719. The molecule has 2 aromatic rings. The Morgan fingerprint density at radius 1 is 1.35 bits per heavy atom.